The molecule has 0 aliphatic heterocycles. The summed E-state index contributed by atoms with van der Waals surface area (Å²) in [6, 6.07) is 31.9. The summed E-state index contributed by atoms with van der Waals surface area (Å²) >= 11 is 3.90. The minimum atomic E-state index is 0.207. The van der Waals surface area contributed by atoms with E-state index in [1.54, 1.807) is 0 Å². The van der Waals surface area contributed by atoms with E-state index in [1.807, 2.05) is 0 Å². The lowest BCUT2D eigenvalue weighted by Crippen LogP contribution is -2.24. The average molecular weight is 366 g/mol. The summed E-state index contributed by atoms with van der Waals surface area (Å²) in [6.07, 6.45) is 0. The number of hydrogen-bond donors (Lipinski definition) is 1. The summed E-state index contributed by atoms with van der Waals surface area (Å²) in [5.41, 5.74) is 3.86. The molecule has 0 saturated heterocycles. The van der Waals surface area contributed by atoms with E-state index in [9.17, 15) is 0 Å². The van der Waals surface area contributed by atoms with E-state index in [0.29, 0.717) is 0 Å². The van der Waals surface area contributed by atoms with Crippen molar-refractivity contribution in [1.29, 1.82) is 0 Å². The van der Waals surface area contributed by atoms with Crippen LogP contribution in [0, 0.1) is 0 Å². The number of benzene rings is 3. The standard InChI is InChI=1S/C21H20BrN/c22-20(18-12-6-2-7-13-18)21(19-14-8-3-9-15-19)23-16-17-10-4-1-5-11-17/h1-15,20-21,23H,16H2/t20-,21+/m0/s1. The van der Waals surface area contributed by atoms with Crippen LogP contribution in [-0.4, -0.2) is 0 Å². The van der Waals surface area contributed by atoms with Crippen LogP contribution in [0.5, 0.6) is 0 Å². The monoisotopic (exact) mass is 365 g/mol. The van der Waals surface area contributed by atoms with Gasteiger partial charge in [0.25, 0.3) is 0 Å². The molecule has 2 heteroatoms. The van der Waals surface area contributed by atoms with E-state index in [-0.39, 0.29) is 10.9 Å². The second-order valence-electron chi connectivity index (χ2n) is 5.57. The Morgan fingerprint density at radius 2 is 1.13 bits per heavy atom. The maximum atomic E-state index is 3.90. The largest absolute Gasteiger partial charge is 0.305 e. The number of alkyl halides is 1. The molecule has 1 nitrogen and oxygen atoms in total. The van der Waals surface area contributed by atoms with Crippen LogP contribution in [0.3, 0.4) is 0 Å². The zero-order chi connectivity index (χ0) is 15.9. The Kier molecular flexibility index (Phi) is 5.62. The third kappa shape index (κ3) is 4.31. The van der Waals surface area contributed by atoms with E-state index >= 15 is 0 Å². The molecule has 0 radical (unpaired) electrons. The van der Waals surface area contributed by atoms with Crippen molar-refractivity contribution in [3.8, 4) is 0 Å². The molecule has 0 aliphatic rings. The molecule has 2 atom stereocenters. The third-order valence-electron chi connectivity index (χ3n) is 3.94. The molecular formula is C21H20BrN. The predicted octanol–water partition coefficient (Wildman–Crippen LogP) is 5.65. The summed E-state index contributed by atoms with van der Waals surface area (Å²) in [7, 11) is 0. The normalized spacial score (nSPS) is 13.4. The van der Waals surface area contributed by atoms with Crippen molar-refractivity contribution >= 4 is 15.9 Å². The molecule has 1 N–H and O–H groups in total. The minimum Gasteiger partial charge on any atom is -0.305 e. The van der Waals surface area contributed by atoms with Crippen LogP contribution in [0.4, 0.5) is 0 Å². The van der Waals surface area contributed by atoms with Crippen molar-refractivity contribution in [2.24, 2.45) is 0 Å². The van der Waals surface area contributed by atoms with Gasteiger partial charge >= 0.3 is 0 Å². The first-order valence-corrected chi connectivity index (χ1v) is 8.77. The van der Waals surface area contributed by atoms with Gasteiger partial charge in [-0.15, -0.1) is 0 Å². The third-order valence-corrected chi connectivity index (χ3v) is 5.00. The van der Waals surface area contributed by atoms with Gasteiger partial charge in [-0.1, -0.05) is 107 Å². The van der Waals surface area contributed by atoms with Crippen LogP contribution < -0.4 is 5.32 Å². The highest BCUT2D eigenvalue weighted by Crippen LogP contribution is 2.36. The van der Waals surface area contributed by atoms with Crippen LogP contribution >= 0.6 is 15.9 Å². The Balaban J connectivity index is 1.82. The zero-order valence-corrected chi connectivity index (χ0v) is 14.5. The lowest BCUT2D eigenvalue weighted by atomic mass is 9.98. The molecule has 3 aromatic carbocycles. The maximum Gasteiger partial charge on any atom is 0.0590 e. The number of hydrogen-bond acceptors (Lipinski definition) is 1. The molecule has 0 fully saturated rings. The average Bonchev–Trinajstić information content (AvgIpc) is 2.64. The molecule has 0 unspecified atom stereocenters. The molecule has 0 saturated carbocycles. The molecule has 3 rings (SSSR count). The van der Waals surface area contributed by atoms with Gasteiger partial charge in [0.05, 0.1) is 4.83 Å². The molecule has 3 aromatic rings. The molecule has 0 aromatic heterocycles. The van der Waals surface area contributed by atoms with Crippen LogP contribution in [0.2, 0.25) is 0 Å². The summed E-state index contributed by atoms with van der Waals surface area (Å²) < 4.78 is 0. The van der Waals surface area contributed by atoms with Crippen LogP contribution in [0.15, 0.2) is 91.0 Å². The van der Waals surface area contributed by atoms with Crippen molar-refractivity contribution in [2.75, 3.05) is 0 Å². The molecule has 0 spiro atoms. The Labute approximate surface area is 146 Å². The van der Waals surface area contributed by atoms with Gasteiger partial charge in [-0.2, -0.15) is 0 Å². The summed E-state index contributed by atoms with van der Waals surface area (Å²) in [6.45, 7) is 0.843. The van der Waals surface area contributed by atoms with Gasteiger partial charge in [0.2, 0.25) is 0 Å². The van der Waals surface area contributed by atoms with Gasteiger partial charge < -0.3 is 5.32 Å². The lowest BCUT2D eigenvalue weighted by molar-refractivity contribution is 0.527. The van der Waals surface area contributed by atoms with Crippen molar-refractivity contribution in [3.05, 3.63) is 108 Å². The first-order valence-electron chi connectivity index (χ1n) is 7.86. The van der Waals surface area contributed by atoms with Gasteiger partial charge in [0.1, 0.15) is 0 Å². The maximum absolute atomic E-state index is 3.90. The predicted molar refractivity (Wildman–Crippen MR) is 101 cm³/mol. The van der Waals surface area contributed by atoms with Gasteiger partial charge in [-0.05, 0) is 16.7 Å². The van der Waals surface area contributed by atoms with Crippen LogP contribution in [-0.2, 0) is 6.54 Å². The van der Waals surface area contributed by atoms with E-state index in [2.05, 4.69) is 112 Å². The number of nitrogens with one attached hydrogen (secondary N) is 1. The second kappa shape index (κ2) is 8.09. The fourth-order valence-corrected chi connectivity index (χ4v) is 3.50. The first kappa shape index (κ1) is 16.0. The topological polar surface area (TPSA) is 12.0 Å². The van der Waals surface area contributed by atoms with Gasteiger partial charge in [-0.3, -0.25) is 0 Å². The molecular weight excluding hydrogens is 346 g/mol. The number of halogens is 1. The first-order chi connectivity index (χ1) is 11.3. The van der Waals surface area contributed by atoms with E-state index in [0.717, 1.165) is 6.54 Å². The van der Waals surface area contributed by atoms with Crippen molar-refractivity contribution in [3.63, 3.8) is 0 Å². The highest BCUT2D eigenvalue weighted by atomic mass is 79.9. The molecule has 0 heterocycles. The lowest BCUT2D eigenvalue weighted by Gasteiger charge is -2.25. The van der Waals surface area contributed by atoms with E-state index in [4.69, 9.17) is 0 Å². The Morgan fingerprint density at radius 3 is 1.70 bits per heavy atom. The van der Waals surface area contributed by atoms with Gasteiger partial charge in [0, 0.05) is 12.6 Å². The Bertz CT molecular complexity index is 698. The summed E-state index contributed by atoms with van der Waals surface area (Å²) in [5.74, 6) is 0. The smallest absolute Gasteiger partial charge is 0.0590 e. The fourth-order valence-electron chi connectivity index (χ4n) is 2.70. The second-order valence-corrected chi connectivity index (χ2v) is 6.55. The van der Waals surface area contributed by atoms with Gasteiger partial charge in [0.15, 0.2) is 0 Å². The van der Waals surface area contributed by atoms with Crippen LogP contribution in [0.25, 0.3) is 0 Å². The quantitative estimate of drug-likeness (QED) is 0.556. The molecule has 116 valence electrons. The molecule has 23 heavy (non-hydrogen) atoms. The SMILES string of the molecule is Br[C@@H](c1ccccc1)[C@H](NCc1ccccc1)c1ccccc1. The highest BCUT2D eigenvalue weighted by molar-refractivity contribution is 9.09. The minimum absolute atomic E-state index is 0.207. The van der Waals surface area contributed by atoms with Crippen molar-refractivity contribution in [2.45, 2.75) is 17.4 Å². The van der Waals surface area contributed by atoms with Crippen molar-refractivity contribution < 1.29 is 0 Å². The van der Waals surface area contributed by atoms with E-state index in [1.165, 1.54) is 16.7 Å². The van der Waals surface area contributed by atoms with Crippen molar-refractivity contribution in [1.82, 2.24) is 5.32 Å². The molecule has 0 bridgehead atoms. The summed E-state index contributed by atoms with van der Waals surface area (Å²) in [4.78, 5) is 0.217. The highest BCUT2D eigenvalue weighted by Gasteiger charge is 2.21. The molecule has 0 aliphatic carbocycles. The Hall–Kier alpha value is -1.90. The van der Waals surface area contributed by atoms with E-state index < -0.39 is 0 Å². The Morgan fingerprint density at radius 1 is 0.652 bits per heavy atom. The summed E-state index contributed by atoms with van der Waals surface area (Å²) in [5, 5.41) is 3.70. The zero-order valence-electron chi connectivity index (χ0n) is 12.9. The fraction of sp³-hybridized carbons (Fsp3) is 0.143. The van der Waals surface area contributed by atoms with Gasteiger partial charge in [-0.25, -0.2) is 0 Å². The molecule has 0 amide bonds. The van der Waals surface area contributed by atoms with Crippen LogP contribution in [0.1, 0.15) is 27.6 Å². The number of rotatable bonds is 6.